The second kappa shape index (κ2) is 11.1. The highest BCUT2D eigenvalue weighted by Gasteiger charge is 2.15. The average molecular weight is 453 g/mol. The second-order valence-electron chi connectivity index (χ2n) is 6.97. The van der Waals surface area contributed by atoms with Crippen molar-refractivity contribution in [2.24, 2.45) is 0 Å². The number of benzene rings is 3. The van der Waals surface area contributed by atoms with Crippen molar-refractivity contribution in [3.63, 3.8) is 0 Å². The van der Waals surface area contributed by atoms with Crippen LogP contribution in [0.2, 0.25) is 0 Å². The minimum atomic E-state index is -0.419. The van der Waals surface area contributed by atoms with E-state index in [1.807, 2.05) is 48.5 Å². The van der Waals surface area contributed by atoms with Gasteiger partial charge in [-0.25, -0.2) is 4.63 Å². The number of carbonyl (C=O) groups excluding carboxylic acids is 1. The first-order valence-corrected chi connectivity index (χ1v) is 9.96. The quantitative estimate of drug-likeness (QED) is 0.304. The fourth-order valence-electron chi connectivity index (χ4n) is 3.28. The van der Waals surface area contributed by atoms with Crippen LogP contribution in [-0.4, -0.2) is 29.3 Å². The van der Waals surface area contributed by atoms with Crippen molar-refractivity contribution in [2.75, 3.05) is 18.8 Å². The summed E-state index contributed by atoms with van der Waals surface area (Å²) in [4.78, 5) is 12.0. The molecule has 0 fully saturated rings. The van der Waals surface area contributed by atoms with E-state index < -0.39 is 5.91 Å². The van der Waals surface area contributed by atoms with Crippen molar-refractivity contribution in [3.05, 3.63) is 83.6 Å². The Balaban J connectivity index is 0.00000289. The minimum Gasteiger partial charge on any atom is -1.00 e. The number of nitrogens with two attached hydrogens (primary N) is 1. The lowest BCUT2D eigenvalue weighted by molar-refractivity contribution is -0.0000154. The highest BCUT2D eigenvalue weighted by Crippen LogP contribution is 2.28. The van der Waals surface area contributed by atoms with E-state index in [2.05, 4.69) is 43.8 Å². The summed E-state index contributed by atoms with van der Waals surface area (Å²) in [6.07, 6.45) is 0. The Bertz CT molecular complexity index is 1170. The van der Waals surface area contributed by atoms with Crippen LogP contribution in [0.25, 0.3) is 10.8 Å². The fourth-order valence-corrected chi connectivity index (χ4v) is 3.28. The Kier molecular flexibility index (Phi) is 8.02. The Hall–Kier alpha value is -3.62. The molecule has 1 amide bonds. The number of anilines is 1. The smallest absolute Gasteiger partial charge is 0.277 e. The van der Waals surface area contributed by atoms with Gasteiger partial charge in [0.05, 0.1) is 0 Å². The standard InChI is InChI=1S/C23H23N5O3.ClH/c24-22-21(27-31-28-22)23(29)26-13-12-25-14-19-18-9-5-4-8-17(18)10-11-20(19)30-15-16-6-2-1-3-7-16;/h1-11,25H,12-15H2,(H2,24,28)(H,26,29);1H/p-1. The van der Waals surface area contributed by atoms with Gasteiger partial charge in [-0.05, 0) is 32.7 Å². The fraction of sp³-hybridized carbons (Fsp3) is 0.174. The Morgan fingerprint density at radius 3 is 2.53 bits per heavy atom. The predicted molar refractivity (Wildman–Crippen MR) is 117 cm³/mol. The molecule has 0 aliphatic carbocycles. The zero-order valence-electron chi connectivity index (χ0n) is 17.3. The largest absolute Gasteiger partial charge is 1.00 e. The van der Waals surface area contributed by atoms with E-state index >= 15 is 0 Å². The maximum atomic E-state index is 12.0. The van der Waals surface area contributed by atoms with Gasteiger partial charge in [0.25, 0.3) is 5.91 Å². The van der Waals surface area contributed by atoms with E-state index in [1.165, 1.54) is 0 Å². The van der Waals surface area contributed by atoms with Crippen LogP contribution in [0.5, 0.6) is 5.75 Å². The topological polar surface area (TPSA) is 115 Å². The summed E-state index contributed by atoms with van der Waals surface area (Å²) in [6, 6.07) is 22.3. The van der Waals surface area contributed by atoms with Crippen LogP contribution in [0, 0.1) is 0 Å². The van der Waals surface area contributed by atoms with Crippen molar-refractivity contribution in [3.8, 4) is 5.75 Å². The van der Waals surface area contributed by atoms with Gasteiger partial charge >= 0.3 is 0 Å². The molecule has 0 radical (unpaired) electrons. The molecule has 0 saturated carbocycles. The van der Waals surface area contributed by atoms with Gasteiger partial charge in [-0.1, -0.05) is 60.7 Å². The molecule has 4 rings (SSSR count). The summed E-state index contributed by atoms with van der Waals surface area (Å²) in [7, 11) is 0. The molecule has 0 aliphatic rings. The summed E-state index contributed by atoms with van der Waals surface area (Å²) in [6.45, 7) is 2.04. The van der Waals surface area contributed by atoms with Crippen molar-refractivity contribution in [2.45, 2.75) is 13.2 Å². The Morgan fingerprint density at radius 2 is 1.75 bits per heavy atom. The summed E-state index contributed by atoms with van der Waals surface area (Å²) in [5, 5.41) is 15.3. The minimum absolute atomic E-state index is 0. The van der Waals surface area contributed by atoms with Crippen LogP contribution in [0.4, 0.5) is 5.82 Å². The predicted octanol–water partition coefficient (Wildman–Crippen LogP) is -0.0924. The van der Waals surface area contributed by atoms with Crippen LogP contribution in [-0.2, 0) is 13.2 Å². The van der Waals surface area contributed by atoms with E-state index in [1.54, 1.807) is 0 Å². The van der Waals surface area contributed by atoms with Gasteiger partial charge in [-0.15, -0.1) is 0 Å². The van der Waals surface area contributed by atoms with E-state index in [9.17, 15) is 4.79 Å². The third-order valence-electron chi connectivity index (χ3n) is 4.85. The number of hydrogen-bond donors (Lipinski definition) is 3. The molecule has 9 heteroatoms. The molecule has 4 aromatic rings. The molecular weight excluding hydrogens is 430 g/mol. The molecule has 32 heavy (non-hydrogen) atoms. The van der Waals surface area contributed by atoms with Crippen molar-refractivity contribution in [1.29, 1.82) is 0 Å². The van der Waals surface area contributed by atoms with Crippen molar-refractivity contribution < 1.29 is 26.6 Å². The molecular formula is C23H23ClN5O3-. The van der Waals surface area contributed by atoms with Crippen LogP contribution in [0.3, 0.4) is 0 Å². The molecule has 0 saturated heterocycles. The van der Waals surface area contributed by atoms with E-state index in [4.69, 9.17) is 10.5 Å². The zero-order chi connectivity index (χ0) is 21.5. The van der Waals surface area contributed by atoms with Gasteiger partial charge < -0.3 is 33.5 Å². The lowest BCUT2D eigenvalue weighted by atomic mass is 10.0. The SMILES string of the molecule is Nc1nonc1C(=O)NCCNCc1c(OCc2ccccc2)ccc2ccccc12.[Cl-]. The van der Waals surface area contributed by atoms with Gasteiger partial charge in [-0.3, -0.25) is 4.79 Å². The maximum absolute atomic E-state index is 12.0. The average Bonchev–Trinajstić information content (AvgIpc) is 3.24. The number of nitrogens with zero attached hydrogens (tertiary/aromatic N) is 2. The summed E-state index contributed by atoms with van der Waals surface area (Å²) >= 11 is 0. The van der Waals surface area contributed by atoms with Gasteiger partial charge in [-0.2, -0.15) is 0 Å². The number of hydrogen-bond acceptors (Lipinski definition) is 7. The van der Waals surface area contributed by atoms with E-state index in [0.717, 1.165) is 27.6 Å². The number of amides is 1. The number of halogens is 1. The number of nitrogen functional groups attached to an aromatic ring is 1. The first kappa shape index (κ1) is 23.1. The van der Waals surface area contributed by atoms with Gasteiger partial charge in [0.2, 0.25) is 11.5 Å². The molecule has 0 bridgehead atoms. The van der Waals surface area contributed by atoms with Crippen molar-refractivity contribution >= 4 is 22.5 Å². The number of nitrogens with one attached hydrogen (secondary N) is 2. The first-order valence-electron chi connectivity index (χ1n) is 9.96. The van der Waals surface area contributed by atoms with Crippen LogP contribution >= 0.6 is 0 Å². The Labute approximate surface area is 191 Å². The number of aromatic nitrogens is 2. The lowest BCUT2D eigenvalue weighted by Gasteiger charge is -2.15. The highest BCUT2D eigenvalue weighted by atomic mass is 35.5. The maximum Gasteiger partial charge on any atom is 0.277 e. The van der Waals surface area contributed by atoms with Crippen LogP contribution < -0.4 is 33.5 Å². The summed E-state index contributed by atoms with van der Waals surface area (Å²) in [5.74, 6) is 0.388. The molecule has 4 N–H and O–H groups in total. The molecule has 0 unspecified atom stereocenters. The third kappa shape index (κ3) is 5.54. The molecule has 0 atom stereocenters. The summed E-state index contributed by atoms with van der Waals surface area (Å²) in [5.41, 5.74) is 7.71. The lowest BCUT2D eigenvalue weighted by Crippen LogP contribution is -3.00. The second-order valence-corrected chi connectivity index (χ2v) is 6.97. The molecule has 3 aromatic carbocycles. The first-order chi connectivity index (χ1) is 15.2. The normalized spacial score (nSPS) is 10.5. The highest BCUT2D eigenvalue weighted by molar-refractivity contribution is 5.95. The third-order valence-corrected chi connectivity index (χ3v) is 4.85. The molecule has 8 nitrogen and oxygen atoms in total. The van der Waals surface area contributed by atoms with Crippen LogP contribution in [0.1, 0.15) is 21.6 Å². The van der Waals surface area contributed by atoms with E-state index in [-0.39, 0.29) is 23.9 Å². The molecule has 1 heterocycles. The van der Waals surface area contributed by atoms with Gasteiger partial charge in [0.15, 0.2) is 0 Å². The summed E-state index contributed by atoms with van der Waals surface area (Å²) < 4.78 is 10.6. The zero-order valence-corrected chi connectivity index (χ0v) is 18.0. The number of fused-ring (bicyclic) bond motifs is 1. The Morgan fingerprint density at radius 1 is 0.969 bits per heavy atom. The van der Waals surface area contributed by atoms with E-state index in [0.29, 0.717) is 26.2 Å². The van der Waals surface area contributed by atoms with Gasteiger partial charge in [0, 0.05) is 25.2 Å². The number of rotatable bonds is 9. The van der Waals surface area contributed by atoms with Crippen molar-refractivity contribution in [1.82, 2.24) is 20.9 Å². The number of carbonyl (C=O) groups is 1. The molecule has 0 spiro atoms. The molecule has 0 aliphatic heterocycles. The molecule has 1 aromatic heterocycles. The van der Waals surface area contributed by atoms with Crippen LogP contribution in [0.15, 0.2) is 71.4 Å². The van der Waals surface area contributed by atoms with Gasteiger partial charge in [0.1, 0.15) is 12.4 Å². The number of ether oxygens (including phenoxy) is 1. The monoisotopic (exact) mass is 452 g/mol. The molecule has 166 valence electrons.